The van der Waals surface area contributed by atoms with E-state index in [9.17, 15) is 4.79 Å². The third-order valence-electron chi connectivity index (χ3n) is 3.46. The van der Waals surface area contributed by atoms with Crippen LogP contribution in [0.4, 0.5) is 5.69 Å². The van der Waals surface area contributed by atoms with Crippen molar-refractivity contribution in [2.24, 2.45) is 0 Å². The molecule has 2 aromatic rings. The normalized spacial score (nSPS) is 18.1. The fourth-order valence-electron chi connectivity index (χ4n) is 2.36. The number of hydrogen-bond donors (Lipinski definition) is 2. The zero-order chi connectivity index (χ0) is 13.9. The molecule has 0 aromatic carbocycles. The second-order valence-corrected chi connectivity index (χ2v) is 4.89. The quantitative estimate of drug-likeness (QED) is 0.881. The van der Waals surface area contributed by atoms with E-state index in [0.29, 0.717) is 5.69 Å². The minimum atomic E-state index is -0.0782. The van der Waals surface area contributed by atoms with Gasteiger partial charge >= 0.3 is 0 Å². The van der Waals surface area contributed by atoms with Gasteiger partial charge in [-0.3, -0.25) is 9.36 Å². The van der Waals surface area contributed by atoms with Crippen molar-refractivity contribution >= 4 is 11.6 Å². The lowest BCUT2D eigenvalue weighted by Crippen LogP contribution is -2.35. The molecule has 104 valence electrons. The highest BCUT2D eigenvalue weighted by Gasteiger charge is 2.21. The minimum absolute atomic E-state index is 0.0101. The summed E-state index contributed by atoms with van der Waals surface area (Å²) in [4.78, 5) is 20.5. The van der Waals surface area contributed by atoms with Gasteiger partial charge < -0.3 is 10.6 Å². The molecule has 0 unspecified atom stereocenters. The number of rotatable bonds is 3. The van der Waals surface area contributed by atoms with Crippen molar-refractivity contribution in [2.45, 2.75) is 25.8 Å². The molecular weight excluding hydrogens is 254 g/mol. The van der Waals surface area contributed by atoms with Gasteiger partial charge in [-0.2, -0.15) is 0 Å². The first-order chi connectivity index (χ1) is 9.74. The maximum Gasteiger partial charge on any atom is 0.241 e. The lowest BCUT2D eigenvalue weighted by molar-refractivity contribution is -0.117. The van der Waals surface area contributed by atoms with Gasteiger partial charge in [-0.25, -0.2) is 9.97 Å². The van der Waals surface area contributed by atoms with Crippen LogP contribution in [0.2, 0.25) is 0 Å². The van der Waals surface area contributed by atoms with E-state index in [0.717, 1.165) is 31.0 Å². The molecule has 6 nitrogen and oxygen atoms in total. The molecule has 1 aliphatic rings. The molecule has 0 aliphatic carbocycles. The lowest BCUT2D eigenvalue weighted by atomic mass is 10.2. The maximum absolute atomic E-state index is 12.0. The zero-order valence-corrected chi connectivity index (χ0v) is 11.3. The van der Waals surface area contributed by atoms with Crippen molar-refractivity contribution in [1.29, 1.82) is 0 Å². The topological polar surface area (TPSA) is 71.8 Å². The van der Waals surface area contributed by atoms with Gasteiger partial charge in [0.2, 0.25) is 5.91 Å². The van der Waals surface area contributed by atoms with Crippen LogP contribution in [-0.2, 0) is 4.79 Å². The maximum atomic E-state index is 12.0. The summed E-state index contributed by atoms with van der Waals surface area (Å²) < 4.78 is 1.89. The number of amides is 1. The lowest BCUT2D eigenvalue weighted by Gasteiger charge is -2.11. The molecule has 1 fully saturated rings. The summed E-state index contributed by atoms with van der Waals surface area (Å²) in [6, 6.07) is 3.65. The van der Waals surface area contributed by atoms with Crippen LogP contribution >= 0.6 is 0 Å². The predicted octanol–water partition coefficient (Wildman–Crippen LogP) is 1.27. The van der Waals surface area contributed by atoms with Crippen molar-refractivity contribution in [2.75, 3.05) is 11.9 Å². The number of imidazole rings is 1. The SMILES string of the molecule is Cc1nccn1-c1ccc(NC(=O)[C@H]2CCCN2)cn1. The standard InChI is InChI=1S/C14H17N5O/c1-10-15-7-8-19(10)13-5-4-11(9-17-13)18-14(20)12-3-2-6-16-12/h4-5,7-9,12,16H,2-3,6H2,1H3,(H,18,20)/t12-/m1/s1. The summed E-state index contributed by atoms with van der Waals surface area (Å²) in [6.45, 7) is 2.83. The van der Waals surface area contributed by atoms with Gasteiger partial charge in [0.1, 0.15) is 11.6 Å². The van der Waals surface area contributed by atoms with E-state index < -0.39 is 0 Å². The average molecular weight is 271 g/mol. The van der Waals surface area contributed by atoms with Crippen LogP contribution < -0.4 is 10.6 Å². The summed E-state index contributed by atoms with van der Waals surface area (Å²) in [6.07, 6.45) is 7.21. The Morgan fingerprint density at radius 1 is 1.45 bits per heavy atom. The summed E-state index contributed by atoms with van der Waals surface area (Å²) in [7, 11) is 0. The van der Waals surface area contributed by atoms with Crippen molar-refractivity contribution in [3.63, 3.8) is 0 Å². The summed E-state index contributed by atoms with van der Waals surface area (Å²) in [5.41, 5.74) is 0.713. The number of nitrogens with one attached hydrogen (secondary N) is 2. The molecule has 2 aromatic heterocycles. The Hall–Kier alpha value is -2.21. The van der Waals surface area contributed by atoms with Gasteiger partial charge in [-0.1, -0.05) is 0 Å². The Morgan fingerprint density at radius 2 is 2.35 bits per heavy atom. The van der Waals surface area contributed by atoms with Gasteiger partial charge in [-0.15, -0.1) is 0 Å². The molecule has 0 spiro atoms. The smallest absolute Gasteiger partial charge is 0.241 e. The molecule has 3 rings (SSSR count). The fraction of sp³-hybridized carbons (Fsp3) is 0.357. The van der Waals surface area contributed by atoms with E-state index in [2.05, 4.69) is 20.6 Å². The first-order valence-corrected chi connectivity index (χ1v) is 6.74. The third kappa shape index (κ3) is 2.55. The number of aromatic nitrogens is 3. The number of pyridine rings is 1. The van der Waals surface area contributed by atoms with Crippen LogP contribution in [0.1, 0.15) is 18.7 Å². The van der Waals surface area contributed by atoms with Gasteiger partial charge in [0.05, 0.1) is 17.9 Å². The Bertz CT molecular complexity index is 598. The average Bonchev–Trinajstić information content (AvgIpc) is 3.11. The molecule has 1 amide bonds. The monoisotopic (exact) mass is 271 g/mol. The van der Waals surface area contributed by atoms with Crippen LogP contribution in [0.15, 0.2) is 30.7 Å². The predicted molar refractivity (Wildman–Crippen MR) is 75.8 cm³/mol. The molecule has 0 radical (unpaired) electrons. The van der Waals surface area contributed by atoms with Crippen LogP contribution in [0.25, 0.3) is 5.82 Å². The van der Waals surface area contributed by atoms with Crippen LogP contribution in [0.5, 0.6) is 0 Å². The van der Waals surface area contributed by atoms with Gasteiger partial charge in [0, 0.05) is 12.4 Å². The van der Waals surface area contributed by atoms with Crippen molar-refractivity contribution in [3.05, 3.63) is 36.5 Å². The van der Waals surface area contributed by atoms with Crippen molar-refractivity contribution < 1.29 is 4.79 Å². The minimum Gasteiger partial charge on any atom is -0.323 e. The van der Waals surface area contributed by atoms with Crippen molar-refractivity contribution in [3.8, 4) is 5.82 Å². The van der Waals surface area contributed by atoms with Crippen LogP contribution in [0.3, 0.4) is 0 Å². The third-order valence-corrected chi connectivity index (χ3v) is 3.46. The number of aryl methyl sites for hydroxylation is 1. The highest BCUT2D eigenvalue weighted by Crippen LogP contribution is 2.13. The van der Waals surface area contributed by atoms with Gasteiger partial charge in [0.25, 0.3) is 0 Å². The van der Waals surface area contributed by atoms with E-state index in [1.165, 1.54) is 0 Å². The summed E-state index contributed by atoms with van der Waals surface area (Å²) in [5.74, 6) is 1.68. The van der Waals surface area contributed by atoms with Crippen LogP contribution in [-0.4, -0.2) is 33.0 Å². The number of nitrogens with zero attached hydrogens (tertiary/aromatic N) is 3. The van der Waals surface area contributed by atoms with E-state index in [1.54, 1.807) is 12.4 Å². The number of anilines is 1. The van der Waals surface area contributed by atoms with E-state index in [1.807, 2.05) is 29.8 Å². The molecule has 1 aliphatic heterocycles. The Balaban J connectivity index is 1.70. The number of hydrogen-bond acceptors (Lipinski definition) is 4. The highest BCUT2D eigenvalue weighted by molar-refractivity contribution is 5.94. The number of carbonyl (C=O) groups is 1. The van der Waals surface area contributed by atoms with Crippen molar-refractivity contribution in [1.82, 2.24) is 19.9 Å². The first kappa shape index (κ1) is 12.8. The Labute approximate surface area is 117 Å². The summed E-state index contributed by atoms with van der Waals surface area (Å²) in [5, 5.41) is 6.06. The van der Waals surface area contributed by atoms with Gasteiger partial charge in [-0.05, 0) is 38.4 Å². The largest absolute Gasteiger partial charge is 0.323 e. The Morgan fingerprint density at radius 3 is 2.95 bits per heavy atom. The first-order valence-electron chi connectivity index (χ1n) is 6.74. The fourth-order valence-corrected chi connectivity index (χ4v) is 2.36. The second kappa shape index (κ2) is 5.42. The Kier molecular flexibility index (Phi) is 3.47. The molecule has 1 atom stereocenters. The molecule has 3 heterocycles. The van der Waals surface area contributed by atoms with Crippen LogP contribution in [0, 0.1) is 6.92 Å². The molecule has 20 heavy (non-hydrogen) atoms. The second-order valence-electron chi connectivity index (χ2n) is 4.89. The number of carbonyl (C=O) groups excluding carboxylic acids is 1. The molecule has 0 saturated carbocycles. The van der Waals surface area contributed by atoms with Gasteiger partial charge in [0.15, 0.2) is 0 Å². The molecule has 6 heteroatoms. The molecular formula is C14H17N5O. The molecule has 2 N–H and O–H groups in total. The summed E-state index contributed by atoms with van der Waals surface area (Å²) >= 11 is 0. The highest BCUT2D eigenvalue weighted by atomic mass is 16.2. The molecule has 0 bridgehead atoms. The van der Waals surface area contributed by atoms with E-state index in [4.69, 9.17) is 0 Å². The zero-order valence-electron chi connectivity index (χ0n) is 11.3. The molecule has 1 saturated heterocycles. The van der Waals surface area contributed by atoms with E-state index in [-0.39, 0.29) is 11.9 Å². The van der Waals surface area contributed by atoms with E-state index >= 15 is 0 Å².